The van der Waals surface area contributed by atoms with Gasteiger partial charge in [0, 0.05) is 44.0 Å². The lowest BCUT2D eigenvalue weighted by Gasteiger charge is -2.39. The molecule has 1 N–H and O–H groups in total. The maximum Gasteiger partial charge on any atom is 0.251 e. The van der Waals surface area contributed by atoms with Crippen LogP contribution in [0.15, 0.2) is 16.0 Å². The molecular formula is C17H26N4O3S. The van der Waals surface area contributed by atoms with Crippen LogP contribution in [-0.4, -0.2) is 76.9 Å². The Morgan fingerprint density at radius 3 is 2.92 bits per heavy atom. The van der Waals surface area contributed by atoms with Crippen LogP contribution < -0.4 is 5.56 Å². The van der Waals surface area contributed by atoms with Gasteiger partial charge in [0.1, 0.15) is 0 Å². The third-order valence-electron chi connectivity index (χ3n) is 4.70. The Morgan fingerprint density at radius 2 is 2.16 bits per heavy atom. The van der Waals surface area contributed by atoms with Crippen LogP contribution in [0.3, 0.4) is 0 Å². The number of likely N-dealkylation sites (tertiary alicyclic amines) is 1. The van der Waals surface area contributed by atoms with Crippen LogP contribution in [0.5, 0.6) is 0 Å². The molecule has 0 radical (unpaired) electrons. The highest BCUT2D eigenvalue weighted by Gasteiger charge is 2.28. The number of hydrogen-bond donors (Lipinski definition) is 1. The molecule has 138 valence electrons. The van der Waals surface area contributed by atoms with Gasteiger partial charge >= 0.3 is 0 Å². The third kappa shape index (κ3) is 5.29. The number of ether oxygens (including phenoxy) is 1. The van der Waals surface area contributed by atoms with Crippen molar-refractivity contribution in [3.05, 3.63) is 22.1 Å². The van der Waals surface area contributed by atoms with E-state index in [0.717, 1.165) is 52.2 Å². The molecular weight excluding hydrogens is 340 g/mol. The van der Waals surface area contributed by atoms with Gasteiger partial charge in [0.15, 0.2) is 5.16 Å². The minimum Gasteiger partial charge on any atom is -0.379 e. The minimum absolute atomic E-state index is 0.132. The van der Waals surface area contributed by atoms with E-state index in [1.807, 2.05) is 4.90 Å². The smallest absolute Gasteiger partial charge is 0.251 e. The van der Waals surface area contributed by atoms with Crippen LogP contribution >= 0.6 is 11.8 Å². The van der Waals surface area contributed by atoms with Crippen LogP contribution in [0.1, 0.15) is 25.0 Å². The second-order valence-corrected chi connectivity index (χ2v) is 7.59. The Balaban J connectivity index is 1.57. The van der Waals surface area contributed by atoms with Gasteiger partial charge < -0.3 is 14.6 Å². The standard InChI is InChI=1S/C17H26N4O3S/c1-13-10-15(22)19-17(18-13)25-12-16(23)21-5-3-2-4-14(21)11-20-6-8-24-9-7-20/h10,14H,2-9,11-12H2,1H3,(H,18,19,22)/t14-/m0/s1. The fourth-order valence-corrected chi connectivity index (χ4v) is 4.24. The van der Waals surface area contributed by atoms with Crippen molar-refractivity contribution in [3.63, 3.8) is 0 Å². The molecule has 2 fully saturated rings. The highest BCUT2D eigenvalue weighted by molar-refractivity contribution is 7.99. The highest BCUT2D eigenvalue weighted by Crippen LogP contribution is 2.21. The molecule has 2 aliphatic heterocycles. The monoisotopic (exact) mass is 366 g/mol. The number of aryl methyl sites for hydroxylation is 1. The van der Waals surface area contributed by atoms with Crippen LogP contribution in [-0.2, 0) is 9.53 Å². The molecule has 3 rings (SSSR count). The summed E-state index contributed by atoms with van der Waals surface area (Å²) in [5.74, 6) is 0.443. The van der Waals surface area contributed by atoms with E-state index in [2.05, 4.69) is 14.9 Å². The molecule has 0 unspecified atom stereocenters. The zero-order valence-electron chi connectivity index (χ0n) is 14.7. The normalized spacial score (nSPS) is 22.1. The number of nitrogens with zero attached hydrogens (tertiary/aromatic N) is 3. The summed E-state index contributed by atoms with van der Waals surface area (Å²) in [6, 6.07) is 1.74. The van der Waals surface area contributed by atoms with E-state index < -0.39 is 0 Å². The number of thioether (sulfide) groups is 1. The van der Waals surface area contributed by atoms with E-state index in [1.54, 1.807) is 6.92 Å². The van der Waals surface area contributed by atoms with E-state index in [0.29, 0.717) is 16.6 Å². The van der Waals surface area contributed by atoms with Gasteiger partial charge in [0.25, 0.3) is 5.56 Å². The number of piperidine rings is 1. The molecule has 3 heterocycles. The van der Waals surface area contributed by atoms with E-state index in [4.69, 9.17) is 4.74 Å². The summed E-state index contributed by atoms with van der Waals surface area (Å²) in [7, 11) is 0. The molecule has 1 atom stereocenters. The number of nitrogens with one attached hydrogen (secondary N) is 1. The number of H-pyrrole nitrogens is 1. The van der Waals surface area contributed by atoms with Crippen molar-refractivity contribution in [2.75, 3.05) is 45.1 Å². The summed E-state index contributed by atoms with van der Waals surface area (Å²) in [4.78, 5) is 35.6. The second kappa shape index (κ2) is 8.82. The van der Waals surface area contributed by atoms with Gasteiger partial charge in [-0.3, -0.25) is 14.5 Å². The Bertz CT molecular complexity index is 645. The predicted octanol–water partition coefficient (Wildman–Crippen LogP) is 0.884. The van der Waals surface area contributed by atoms with Crippen molar-refractivity contribution >= 4 is 17.7 Å². The molecule has 0 spiro atoms. The average molecular weight is 366 g/mol. The first kappa shape index (κ1) is 18.4. The van der Waals surface area contributed by atoms with Gasteiger partial charge in [-0.25, -0.2) is 4.98 Å². The summed E-state index contributed by atoms with van der Waals surface area (Å²) < 4.78 is 5.41. The molecule has 0 aromatic carbocycles. The third-order valence-corrected chi connectivity index (χ3v) is 5.56. The first-order chi connectivity index (χ1) is 12.1. The van der Waals surface area contributed by atoms with Crippen molar-refractivity contribution in [2.45, 2.75) is 37.4 Å². The zero-order chi connectivity index (χ0) is 17.6. The Labute approximate surface area is 152 Å². The van der Waals surface area contributed by atoms with Gasteiger partial charge in [0.2, 0.25) is 5.91 Å². The number of amides is 1. The molecule has 0 saturated carbocycles. The molecule has 25 heavy (non-hydrogen) atoms. The van der Waals surface area contributed by atoms with Crippen molar-refractivity contribution in [1.29, 1.82) is 0 Å². The van der Waals surface area contributed by atoms with Gasteiger partial charge in [-0.2, -0.15) is 0 Å². The molecule has 1 aromatic rings. The van der Waals surface area contributed by atoms with E-state index >= 15 is 0 Å². The first-order valence-corrected chi connectivity index (χ1v) is 9.91. The highest BCUT2D eigenvalue weighted by atomic mass is 32.2. The largest absolute Gasteiger partial charge is 0.379 e. The van der Waals surface area contributed by atoms with Crippen molar-refractivity contribution in [3.8, 4) is 0 Å². The fraction of sp³-hybridized carbons (Fsp3) is 0.706. The Hall–Kier alpha value is -1.38. The summed E-state index contributed by atoms with van der Waals surface area (Å²) in [6.07, 6.45) is 3.31. The number of carbonyl (C=O) groups is 1. The summed E-state index contributed by atoms with van der Waals surface area (Å²) >= 11 is 1.31. The topological polar surface area (TPSA) is 78.5 Å². The average Bonchev–Trinajstić information content (AvgIpc) is 2.60. The van der Waals surface area contributed by atoms with Gasteiger partial charge in [-0.15, -0.1) is 0 Å². The van der Waals surface area contributed by atoms with Crippen LogP contribution in [0.4, 0.5) is 0 Å². The maximum atomic E-state index is 12.7. The number of morpholine rings is 1. The molecule has 8 heteroatoms. The lowest BCUT2D eigenvalue weighted by Crippen LogP contribution is -2.51. The van der Waals surface area contributed by atoms with Crippen molar-refractivity contribution in [2.24, 2.45) is 0 Å². The van der Waals surface area contributed by atoms with Crippen molar-refractivity contribution < 1.29 is 9.53 Å². The Morgan fingerprint density at radius 1 is 1.36 bits per heavy atom. The van der Waals surface area contributed by atoms with E-state index in [1.165, 1.54) is 24.2 Å². The van der Waals surface area contributed by atoms with Crippen LogP contribution in [0.25, 0.3) is 0 Å². The number of aromatic nitrogens is 2. The lowest BCUT2D eigenvalue weighted by atomic mass is 10.0. The molecule has 0 aliphatic carbocycles. The number of rotatable bonds is 5. The van der Waals surface area contributed by atoms with Gasteiger partial charge in [-0.1, -0.05) is 11.8 Å². The van der Waals surface area contributed by atoms with Crippen LogP contribution in [0.2, 0.25) is 0 Å². The zero-order valence-corrected chi connectivity index (χ0v) is 15.5. The fourth-order valence-electron chi connectivity index (χ4n) is 3.43. The Kier molecular flexibility index (Phi) is 6.50. The quantitative estimate of drug-likeness (QED) is 0.616. The minimum atomic E-state index is -0.175. The molecule has 2 saturated heterocycles. The van der Waals surface area contributed by atoms with Crippen LogP contribution in [0, 0.1) is 6.92 Å². The number of hydrogen-bond acceptors (Lipinski definition) is 6. The molecule has 7 nitrogen and oxygen atoms in total. The van der Waals surface area contributed by atoms with Crippen molar-refractivity contribution in [1.82, 2.24) is 19.8 Å². The van der Waals surface area contributed by atoms with Gasteiger partial charge in [0.05, 0.1) is 19.0 Å². The number of aromatic amines is 1. The number of carbonyl (C=O) groups excluding carboxylic acids is 1. The summed E-state index contributed by atoms with van der Waals surface area (Å²) in [5, 5.41) is 0.514. The summed E-state index contributed by atoms with van der Waals surface area (Å²) in [5.41, 5.74) is 0.493. The SMILES string of the molecule is Cc1cc(=O)[nH]c(SCC(=O)N2CCCC[C@H]2CN2CCOCC2)n1. The molecule has 1 aromatic heterocycles. The molecule has 1 amide bonds. The maximum absolute atomic E-state index is 12.7. The predicted molar refractivity (Wildman–Crippen MR) is 96.9 cm³/mol. The molecule has 0 bridgehead atoms. The molecule has 2 aliphatic rings. The second-order valence-electron chi connectivity index (χ2n) is 6.63. The lowest BCUT2D eigenvalue weighted by molar-refractivity contribution is -0.132. The van der Waals surface area contributed by atoms with E-state index in [-0.39, 0.29) is 17.5 Å². The first-order valence-electron chi connectivity index (χ1n) is 8.92. The van der Waals surface area contributed by atoms with Gasteiger partial charge in [-0.05, 0) is 26.2 Å². The summed E-state index contributed by atoms with van der Waals surface area (Å²) in [6.45, 7) is 6.99. The van der Waals surface area contributed by atoms with E-state index in [9.17, 15) is 9.59 Å².